The number of pyridine rings is 1. The molecule has 0 unspecified atom stereocenters. The Morgan fingerprint density at radius 3 is 2.67 bits per heavy atom. The van der Waals surface area contributed by atoms with E-state index in [4.69, 9.17) is 11.6 Å². The van der Waals surface area contributed by atoms with E-state index >= 15 is 0 Å². The summed E-state index contributed by atoms with van der Waals surface area (Å²) in [6, 6.07) is 3.65. The SMILES string of the molecule is Cc1cc(CCl)cc(-n2cc(S(C)(=O)=O)cn2)n1. The van der Waals surface area contributed by atoms with Crippen molar-refractivity contribution in [3.8, 4) is 5.82 Å². The fourth-order valence-electron chi connectivity index (χ4n) is 1.54. The molecular formula is C11H12ClN3O2S. The molecule has 0 fully saturated rings. The van der Waals surface area contributed by atoms with Gasteiger partial charge in [0.05, 0.1) is 12.4 Å². The van der Waals surface area contributed by atoms with Crippen molar-refractivity contribution in [3.05, 3.63) is 35.8 Å². The van der Waals surface area contributed by atoms with Crippen molar-refractivity contribution in [3.63, 3.8) is 0 Å². The van der Waals surface area contributed by atoms with Gasteiger partial charge >= 0.3 is 0 Å². The van der Waals surface area contributed by atoms with Crippen LogP contribution in [0.2, 0.25) is 0 Å². The molecule has 7 heteroatoms. The maximum atomic E-state index is 11.4. The predicted octanol–water partition coefficient (Wildman–Crippen LogP) is 1.72. The molecule has 0 atom stereocenters. The van der Waals surface area contributed by atoms with Crippen LogP contribution in [0.5, 0.6) is 0 Å². The standard InChI is InChI=1S/C11H12ClN3O2S/c1-8-3-9(5-12)4-11(14-8)15-7-10(6-13-15)18(2,16)17/h3-4,6-7H,5H2,1-2H3. The number of hydrogen-bond acceptors (Lipinski definition) is 4. The van der Waals surface area contributed by atoms with Gasteiger partial charge in [-0.3, -0.25) is 0 Å². The topological polar surface area (TPSA) is 64.8 Å². The Morgan fingerprint density at radius 2 is 2.11 bits per heavy atom. The molecule has 0 aromatic carbocycles. The number of halogens is 1. The highest BCUT2D eigenvalue weighted by Crippen LogP contribution is 2.14. The van der Waals surface area contributed by atoms with Crippen LogP contribution in [0.4, 0.5) is 0 Å². The molecule has 0 aliphatic carbocycles. The van der Waals surface area contributed by atoms with E-state index in [9.17, 15) is 8.42 Å². The molecule has 2 rings (SSSR count). The summed E-state index contributed by atoms with van der Waals surface area (Å²) in [6.07, 6.45) is 3.89. The lowest BCUT2D eigenvalue weighted by molar-refractivity contribution is 0.602. The van der Waals surface area contributed by atoms with E-state index in [2.05, 4.69) is 10.1 Å². The van der Waals surface area contributed by atoms with Crippen LogP contribution in [0.3, 0.4) is 0 Å². The lowest BCUT2D eigenvalue weighted by Crippen LogP contribution is -2.01. The van der Waals surface area contributed by atoms with Crippen LogP contribution in [0.15, 0.2) is 29.4 Å². The van der Waals surface area contributed by atoms with Crippen LogP contribution in [0, 0.1) is 6.92 Å². The third kappa shape index (κ3) is 2.70. The van der Waals surface area contributed by atoms with E-state index in [0.717, 1.165) is 17.5 Å². The Labute approximate surface area is 110 Å². The first kappa shape index (κ1) is 13.0. The Hall–Kier alpha value is -1.40. The Balaban J connectivity index is 2.49. The van der Waals surface area contributed by atoms with Crippen molar-refractivity contribution >= 4 is 21.4 Å². The third-order valence-electron chi connectivity index (χ3n) is 2.38. The van der Waals surface area contributed by atoms with Gasteiger partial charge in [0.25, 0.3) is 0 Å². The first-order valence-corrected chi connectivity index (χ1v) is 7.61. The van der Waals surface area contributed by atoms with Gasteiger partial charge in [-0.15, -0.1) is 11.6 Å². The van der Waals surface area contributed by atoms with Gasteiger partial charge in [0, 0.05) is 17.8 Å². The van der Waals surface area contributed by atoms with Gasteiger partial charge in [-0.2, -0.15) is 5.10 Å². The van der Waals surface area contributed by atoms with Gasteiger partial charge in [-0.05, 0) is 24.6 Å². The van der Waals surface area contributed by atoms with Crippen LogP contribution >= 0.6 is 11.6 Å². The maximum Gasteiger partial charge on any atom is 0.178 e. The summed E-state index contributed by atoms with van der Waals surface area (Å²) in [5.41, 5.74) is 1.72. The first-order valence-electron chi connectivity index (χ1n) is 5.19. The minimum Gasteiger partial charge on any atom is -0.234 e. The fraction of sp³-hybridized carbons (Fsp3) is 0.273. The normalized spacial score (nSPS) is 11.7. The average Bonchev–Trinajstić information content (AvgIpc) is 2.77. The second kappa shape index (κ2) is 4.70. The molecule has 2 aromatic rings. The molecule has 2 heterocycles. The molecule has 0 spiro atoms. The van der Waals surface area contributed by atoms with E-state index in [1.54, 1.807) is 6.07 Å². The number of alkyl halides is 1. The zero-order chi connectivity index (χ0) is 13.3. The zero-order valence-corrected chi connectivity index (χ0v) is 11.5. The van der Waals surface area contributed by atoms with Crippen LogP contribution in [0.1, 0.15) is 11.3 Å². The van der Waals surface area contributed by atoms with E-state index < -0.39 is 9.84 Å². The third-order valence-corrected chi connectivity index (χ3v) is 3.75. The van der Waals surface area contributed by atoms with Crippen molar-refractivity contribution in [1.29, 1.82) is 0 Å². The smallest absolute Gasteiger partial charge is 0.178 e. The van der Waals surface area contributed by atoms with Gasteiger partial charge < -0.3 is 0 Å². The van der Waals surface area contributed by atoms with Gasteiger partial charge in [0.15, 0.2) is 15.7 Å². The number of aryl methyl sites for hydroxylation is 1. The molecule has 5 nitrogen and oxygen atoms in total. The molecule has 0 aliphatic heterocycles. The predicted molar refractivity (Wildman–Crippen MR) is 68.8 cm³/mol. The molecule has 0 N–H and O–H groups in total. The Bertz CT molecular complexity index is 679. The summed E-state index contributed by atoms with van der Waals surface area (Å²) in [4.78, 5) is 4.46. The van der Waals surface area contributed by atoms with Crippen molar-refractivity contribution in [2.45, 2.75) is 17.7 Å². The monoisotopic (exact) mass is 285 g/mol. The van der Waals surface area contributed by atoms with Gasteiger partial charge in [-0.25, -0.2) is 18.1 Å². The molecule has 0 aliphatic rings. The maximum absolute atomic E-state index is 11.4. The molecule has 0 bridgehead atoms. The highest BCUT2D eigenvalue weighted by molar-refractivity contribution is 7.90. The first-order chi connectivity index (χ1) is 8.40. The lowest BCUT2D eigenvalue weighted by Gasteiger charge is -2.04. The summed E-state index contributed by atoms with van der Waals surface area (Å²) >= 11 is 5.78. The number of rotatable bonds is 3. The molecule has 0 saturated heterocycles. The zero-order valence-electron chi connectivity index (χ0n) is 9.96. The Morgan fingerprint density at radius 1 is 1.39 bits per heavy atom. The Kier molecular flexibility index (Phi) is 3.41. The summed E-state index contributed by atoms with van der Waals surface area (Å²) in [7, 11) is -3.25. The van der Waals surface area contributed by atoms with Crippen molar-refractivity contribution in [1.82, 2.24) is 14.8 Å². The summed E-state index contributed by atoms with van der Waals surface area (Å²) < 4.78 is 24.2. The summed E-state index contributed by atoms with van der Waals surface area (Å²) in [6.45, 7) is 1.85. The fourth-order valence-corrected chi connectivity index (χ4v) is 2.22. The molecule has 0 amide bonds. The van der Waals surface area contributed by atoms with Crippen LogP contribution in [-0.2, 0) is 15.7 Å². The van der Waals surface area contributed by atoms with Crippen LogP contribution in [-0.4, -0.2) is 29.4 Å². The molecule has 96 valence electrons. The second-order valence-electron chi connectivity index (χ2n) is 4.00. The van der Waals surface area contributed by atoms with Crippen LogP contribution < -0.4 is 0 Å². The quantitative estimate of drug-likeness (QED) is 0.806. The van der Waals surface area contributed by atoms with Crippen LogP contribution in [0.25, 0.3) is 5.82 Å². The second-order valence-corrected chi connectivity index (χ2v) is 6.28. The highest BCUT2D eigenvalue weighted by atomic mass is 35.5. The van der Waals surface area contributed by atoms with Gasteiger partial charge in [-0.1, -0.05) is 0 Å². The van der Waals surface area contributed by atoms with E-state index in [0.29, 0.717) is 11.7 Å². The summed E-state index contributed by atoms with van der Waals surface area (Å²) in [5.74, 6) is 0.928. The highest BCUT2D eigenvalue weighted by Gasteiger charge is 2.11. The van der Waals surface area contributed by atoms with E-state index in [1.165, 1.54) is 17.1 Å². The van der Waals surface area contributed by atoms with Gasteiger partial charge in [0.2, 0.25) is 0 Å². The minimum atomic E-state index is -3.25. The minimum absolute atomic E-state index is 0.165. The molecule has 0 saturated carbocycles. The van der Waals surface area contributed by atoms with Gasteiger partial charge in [0.1, 0.15) is 4.90 Å². The average molecular weight is 286 g/mol. The van der Waals surface area contributed by atoms with E-state index in [-0.39, 0.29) is 4.90 Å². The molecule has 0 radical (unpaired) electrons. The lowest BCUT2D eigenvalue weighted by atomic mass is 10.2. The number of aromatic nitrogens is 3. The van der Waals surface area contributed by atoms with Crippen molar-refractivity contribution < 1.29 is 8.42 Å². The van der Waals surface area contributed by atoms with E-state index in [1.807, 2.05) is 13.0 Å². The molecule has 18 heavy (non-hydrogen) atoms. The molecule has 2 aromatic heterocycles. The van der Waals surface area contributed by atoms with Crippen molar-refractivity contribution in [2.24, 2.45) is 0 Å². The number of sulfone groups is 1. The number of hydrogen-bond donors (Lipinski definition) is 0. The largest absolute Gasteiger partial charge is 0.234 e. The number of nitrogens with zero attached hydrogens (tertiary/aromatic N) is 3. The van der Waals surface area contributed by atoms with Crippen molar-refractivity contribution in [2.75, 3.05) is 6.26 Å². The molecular weight excluding hydrogens is 274 g/mol. The summed E-state index contributed by atoms with van der Waals surface area (Å²) in [5, 5.41) is 4.00.